The number of aliphatic imine (C=N–C) groups is 2. The van der Waals surface area contributed by atoms with Crippen molar-refractivity contribution in [3.05, 3.63) is 54.8 Å². The molecule has 1 aromatic carbocycles. The van der Waals surface area contributed by atoms with E-state index >= 15 is 0 Å². The van der Waals surface area contributed by atoms with Crippen LogP contribution in [0.2, 0.25) is 0 Å². The molecule has 3 N–H and O–H groups in total. The summed E-state index contributed by atoms with van der Waals surface area (Å²) >= 11 is 0. The molecule has 0 aromatic heterocycles. The van der Waals surface area contributed by atoms with Gasteiger partial charge in [0.05, 0.1) is 6.04 Å². The zero-order chi connectivity index (χ0) is 24.8. The predicted molar refractivity (Wildman–Crippen MR) is 132 cm³/mol. The first kappa shape index (κ1) is 26.1. The fraction of sp³-hybridized carbons (Fsp3) is 0.458. The molecule has 0 radical (unpaired) electrons. The zero-order valence-electron chi connectivity index (χ0n) is 20.1. The fourth-order valence-electron chi connectivity index (χ4n) is 4.00. The molecule has 0 saturated carbocycles. The van der Waals surface area contributed by atoms with E-state index in [-0.39, 0.29) is 6.04 Å². The number of alkyl halides is 1. The molecule has 33 heavy (non-hydrogen) atoms. The minimum Gasteiger partial charge on any atom is -0.456 e. The number of likely N-dealkylation sites (tertiary alicyclic amines) is 1. The van der Waals surface area contributed by atoms with Crippen LogP contribution in [0.5, 0.6) is 5.75 Å². The van der Waals surface area contributed by atoms with Gasteiger partial charge in [0.15, 0.2) is 5.84 Å². The minimum absolute atomic E-state index is 0.160. The normalized spacial score (nSPS) is 19.5. The van der Waals surface area contributed by atoms with Crippen molar-refractivity contribution in [1.82, 2.24) is 9.91 Å². The van der Waals surface area contributed by atoms with Crippen LogP contribution in [0.4, 0.5) is 4.39 Å². The molecule has 2 rings (SSSR count). The topological polar surface area (TPSA) is 99.0 Å². The third-order valence-corrected chi connectivity index (χ3v) is 5.36. The van der Waals surface area contributed by atoms with Crippen LogP contribution in [-0.4, -0.2) is 65.1 Å². The van der Waals surface area contributed by atoms with Crippen molar-refractivity contribution in [2.24, 2.45) is 20.8 Å². The first-order chi connectivity index (χ1) is 15.6. The molecular weight excluding hydrogens is 423 g/mol. The van der Waals surface area contributed by atoms with Gasteiger partial charge in [-0.15, -0.1) is 0 Å². The molecule has 0 bridgehead atoms. The predicted octanol–water partition coefficient (Wildman–Crippen LogP) is 3.60. The summed E-state index contributed by atoms with van der Waals surface area (Å²) in [6, 6.07) is 5.17. The zero-order valence-corrected chi connectivity index (χ0v) is 20.1. The smallest absolute Gasteiger partial charge is 0.257 e. The Morgan fingerprint density at radius 2 is 2.15 bits per heavy atom. The van der Waals surface area contributed by atoms with Crippen LogP contribution >= 0.6 is 0 Å². The maximum absolute atomic E-state index is 14.1. The lowest BCUT2D eigenvalue weighted by Crippen LogP contribution is -2.42. The molecule has 180 valence electrons. The second-order valence-corrected chi connectivity index (χ2v) is 8.11. The number of rotatable bonds is 9. The Morgan fingerprint density at radius 3 is 2.70 bits per heavy atom. The number of hydrazone groups is 1. The van der Waals surface area contributed by atoms with E-state index in [1.54, 1.807) is 45.1 Å². The van der Waals surface area contributed by atoms with Gasteiger partial charge in [-0.2, -0.15) is 9.49 Å². The van der Waals surface area contributed by atoms with Crippen LogP contribution < -0.4 is 10.5 Å². The van der Waals surface area contributed by atoms with E-state index in [1.807, 2.05) is 13.0 Å². The first-order valence-corrected chi connectivity index (χ1v) is 10.9. The van der Waals surface area contributed by atoms with E-state index in [4.69, 9.17) is 15.6 Å². The average molecular weight is 459 g/mol. The molecule has 0 amide bonds. The average Bonchev–Trinajstić information content (AvgIpc) is 3.17. The lowest BCUT2D eigenvalue weighted by molar-refractivity contribution is 0.111. The summed E-state index contributed by atoms with van der Waals surface area (Å²) in [6.45, 7) is 13.0. The van der Waals surface area contributed by atoms with Gasteiger partial charge >= 0.3 is 0 Å². The van der Waals surface area contributed by atoms with Gasteiger partial charge in [0.25, 0.3) is 6.36 Å². The summed E-state index contributed by atoms with van der Waals surface area (Å²) in [6.07, 6.45) is 2.19. The van der Waals surface area contributed by atoms with Crippen LogP contribution in [0, 0.1) is 0 Å². The van der Waals surface area contributed by atoms with Gasteiger partial charge in [-0.1, -0.05) is 25.3 Å². The van der Waals surface area contributed by atoms with Gasteiger partial charge in [-0.3, -0.25) is 10.0 Å². The van der Waals surface area contributed by atoms with Crippen molar-refractivity contribution in [3.8, 4) is 5.75 Å². The summed E-state index contributed by atoms with van der Waals surface area (Å²) in [4.78, 5) is 10.4. The molecule has 2 atom stereocenters. The standard InChI is InChI=1S/C24H35FN6O2/c1-8-19(25)33-18-13-11-12-16(22(26)27-6)21(18)17-14-15-20(31(17)10-3)29-30(7)23(28-9-2)24(4,5)32/h8-9,11-13,17,19,32H,1-2,10,14-15H2,3-7H3,(H2,26,27)/b28-23?,29-20-. The van der Waals surface area contributed by atoms with Crippen molar-refractivity contribution in [2.45, 2.75) is 51.6 Å². The van der Waals surface area contributed by atoms with E-state index in [1.165, 1.54) is 6.20 Å². The summed E-state index contributed by atoms with van der Waals surface area (Å²) in [5, 5.41) is 16.8. The van der Waals surface area contributed by atoms with Crippen molar-refractivity contribution >= 4 is 17.5 Å². The van der Waals surface area contributed by atoms with E-state index in [0.29, 0.717) is 42.4 Å². The molecule has 1 aliphatic heterocycles. The quantitative estimate of drug-likeness (QED) is 0.255. The highest BCUT2D eigenvalue weighted by atomic mass is 19.1. The summed E-state index contributed by atoms with van der Waals surface area (Å²) in [5.74, 6) is 1.89. The number of nitrogens with zero attached hydrogens (tertiary/aromatic N) is 5. The lowest BCUT2D eigenvalue weighted by atomic mass is 9.96. The Morgan fingerprint density at radius 1 is 1.45 bits per heavy atom. The maximum atomic E-state index is 14.1. The summed E-state index contributed by atoms with van der Waals surface area (Å²) < 4.78 is 19.6. The highest BCUT2D eigenvalue weighted by molar-refractivity contribution is 6.00. The molecule has 1 aromatic rings. The third kappa shape index (κ3) is 5.98. The minimum atomic E-state index is -1.65. The van der Waals surface area contributed by atoms with Crippen LogP contribution in [-0.2, 0) is 0 Å². The molecule has 1 saturated heterocycles. The molecule has 8 nitrogen and oxygen atoms in total. The van der Waals surface area contributed by atoms with Gasteiger partial charge in [-0.05, 0) is 39.3 Å². The highest BCUT2D eigenvalue weighted by Crippen LogP contribution is 2.40. The molecular formula is C24H35FN6O2. The molecule has 9 heteroatoms. The summed E-state index contributed by atoms with van der Waals surface area (Å²) in [7, 11) is 3.34. The number of ether oxygens (including phenoxy) is 1. The summed E-state index contributed by atoms with van der Waals surface area (Å²) in [5.41, 5.74) is 6.42. The fourth-order valence-corrected chi connectivity index (χ4v) is 4.00. The van der Waals surface area contributed by atoms with Crippen LogP contribution in [0.1, 0.15) is 50.8 Å². The van der Waals surface area contributed by atoms with Gasteiger partial charge in [0, 0.05) is 44.4 Å². The molecule has 2 unspecified atom stereocenters. The van der Waals surface area contributed by atoms with E-state index in [9.17, 15) is 9.50 Å². The number of aliphatic hydroxyl groups is 1. The number of amidine groups is 3. The molecule has 1 fully saturated rings. The molecule has 0 spiro atoms. The number of hydrogen-bond donors (Lipinski definition) is 2. The SMILES string of the molecule is C=CN=C(N(C)/N=C1/CCC(c2c(OC(F)C=C)cccc2C(N)=NC)N1CC)C(C)(C)O. The highest BCUT2D eigenvalue weighted by Gasteiger charge is 2.35. The number of likely N-dealkylation sites (N-methyl/N-ethyl adjacent to an activating group) is 1. The van der Waals surface area contributed by atoms with Crippen molar-refractivity contribution in [2.75, 3.05) is 20.6 Å². The van der Waals surface area contributed by atoms with Crippen molar-refractivity contribution in [3.63, 3.8) is 0 Å². The van der Waals surface area contributed by atoms with Crippen LogP contribution in [0.15, 0.2) is 58.7 Å². The van der Waals surface area contributed by atoms with Gasteiger partial charge in [0.1, 0.15) is 23.0 Å². The Hall–Kier alpha value is -3.20. The van der Waals surface area contributed by atoms with Crippen LogP contribution in [0.25, 0.3) is 0 Å². The second-order valence-electron chi connectivity index (χ2n) is 8.11. The Balaban J connectivity index is 2.55. The third-order valence-electron chi connectivity index (χ3n) is 5.36. The second kappa shape index (κ2) is 11.1. The largest absolute Gasteiger partial charge is 0.456 e. The Bertz CT molecular complexity index is 951. The molecule has 1 aliphatic rings. The van der Waals surface area contributed by atoms with E-state index in [0.717, 1.165) is 17.5 Å². The number of nitrogens with two attached hydrogens (primary N) is 1. The molecule has 1 heterocycles. The van der Waals surface area contributed by atoms with Crippen LogP contribution in [0.3, 0.4) is 0 Å². The molecule has 0 aliphatic carbocycles. The Kier molecular flexibility index (Phi) is 8.76. The number of halogens is 1. The van der Waals surface area contributed by atoms with Gasteiger partial charge < -0.3 is 20.5 Å². The Labute approximate surface area is 195 Å². The van der Waals surface area contributed by atoms with Crippen molar-refractivity contribution in [1.29, 1.82) is 0 Å². The number of benzene rings is 1. The maximum Gasteiger partial charge on any atom is 0.257 e. The monoisotopic (exact) mass is 458 g/mol. The van der Waals surface area contributed by atoms with E-state index < -0.39 is 12.0 Å². The van der Waals surface area contributed by atoms with Gasteiger partial charge in [-0.25, -0.2) is 4.99 Å². The lowest BCUT2D eigenvalue weighted by Gasteiger charge is -2.31. The van der Waals surface area contributed by atoms with Gasteiger partial charge in [0.2, 0.25) is 0 Å². The first-order valence-electron chi connectivity index (χ1n) is 10.9. The number of hydrogen-bond acceptors (Lipinski definition) is 5. The van der Waals surface area contributed by atoms with Crippen molar-refractivity contribution < 1.29 is 14.2 Å². The van der Waals surface area contributed by atoms with E-state index in [2.05, 4.69) is 28.0 Å².